The number of nitrogens with zero attached hydrogens (tertiary/aromatic N) is 5. The van der Waals surface area contributed by atoms with Gasteiger partial charge in [-0.1, -0.05) is 42.1 Å². The van der Waals surface area contributed by atoms with E-state index in [4.69, 9.17) is 13.9 Å². The zero-order valence-electron chi connectivity index (χ0n) is 17.6. The molecule has 10 heteroatoms. The summed E-state index contributed by atoms with van der Waals surface area (Å²) in [6, 6.07) is 15.8. The van der Waals surface area contributed by atoms with Crippen LogP contribution in [0.15, 0.2) is 64.2 Å². The van der Waals surface area contributed by atoms with Gasteiger partial charge >= 0.3 is 0 Å². The Hall–Kier alpha value is -3.24. The van der Waals surface area contributed by atoms with Crippen molar-refractivity contribution in [3.8, 4) is 17.2 Å². The van der Waals surface area contributed by atoms with Crippen molar-refractivity contribution < 1.29 is 18.3 Å². The second-order valence-corrected chi connectivity index (χ2v) is 7.89. The maximum absolute atomic E-state index is 13.9. The van der Waals surface area contributed by atoms with E-state index in [9.17, 15) is 4.39 Å². The highest BCUT2D eigenvalue weighted by atomic mass is 32.2. The summed E-state index contributed by atoms with van der Waals surface area (Å²) in [6.07, 6.45) is 0. The standard InChI is InChI=1S/C22H22FN5O3S/c1-15(12-29-2)28-19(13-30-18-11-7-6-10-17(18)23)24-27-22(28)32-14-20-25-26-21(31-20)16-8-4-3-5-9-16/h3-11,15H,12-14H2,1-2H3/t15-/m1/s1. The number of hydrogen-bond donors (Lipinski definition) is 0. The molecule has 0 N–H and O–H groups in total. The molecule has 0 amide bonds. The third kappa shape index (κ3) is 5.14. The molecule has 8 nitrogen and oxygen atoms in total. The Kier molecular flexibility index (Phi) is 7.13. The van der Waals surface area contributed by atoms with Crippen molar-refractivity contribution in [2.45, 2.75) is 30.5 Å². The molecule has 0 spiro atoms. The van der Waals surface area contributed by atoms with Gasteiger partial charge < -0.3 is 13.9 Å². The molecule has 4 aromatic rings. The molecule has 1 atom stereocenters. The minimum atomic E-state index is -0.427. The molecule has 0 radical (unpaired) electrons. The van der Waals surface area contributed by atoms with E-state index in [1.165, 1.54) is 17.8 Å². The maximum Gasteiger partial charge on any atom is 0.247 e. The van der Waals surface area contributed by atoms with E-state index in [1.807, 2.05) is 41.8 Å². The molecule has 0 saturated carbocycles. The average molecular weight is 456 g/mol. The van der Waals surface area contributed by atoms with Crippen LogP contribution in [0.3, 0.4) is 0 Å². The predicted octanol–water partition coefficient (Wildman–Crippen LogP) is 4.55. The first kappa shape index (κ1) is 22.0. The van der Waals surface area contributed by atoms with Gasteiger partial charge in [0.15, 0.2) is 22.5 Å². The van der Waals surface area contributed by atoms with Gasteiger partial charge in [-0.05, 0) is 31.2 Å². The zero-order chi connectivity index (χ0) is 22.3. The zero-order valence-corrected chi connectivity index (χ0v) is 18.5. The molecule has 0 saturated heterocycles. The number of methoxy groups -OCH3 is 1. The fourth-order valence-corrected chi connectivity index (χ4v) is 3.99. The molecular formula is C22H22FN5O3S. The van der Waals surface area contributed by atoms with Gasteiger partial charge in [0.2, 0.25) is 11.8 Å². The van der Waals surface area contributed by atoms with Crippen LogP contribution in [0.4, 0.5) is 4.39 Å². The molecule has 166 valence electrons. The molecule has 4 rings (SSSR count). The van der Waals surface area contributed by atoms with E-state index in [-0.39, 0.29) is 18.4 Å². The van der Waals surface area contributed by atoms with Crippen LogP contribution in [-0.2, 0) is 17.1 Å². The minimum absolute atomic E-state index is 0.0562. The summed E-state index contributed by atoms with van der Waals surface area (Å²) in [5, 5.41) is 17.4. The lowest BCUT2D eigenvalue weighted by Gasteiger charge is -2.17. The fourth-order valence-electron chi connectivity index (χ4n) is 3.10. The number of para-hydroxylation sites is 1. The first-order chi connectivity index (χ1) is 15.7. The van der Waals surface area contributed by atoms with Crippen LogP contribution in [-0.4, -0.2) is 38.7 Å². The number of rotatable bonds is 10. The third-order valence-corrected chi connectivity index (χ3v) is 5.52. The Balaban J connectivity index is 1.48. The van der Waals surface area contributed by atoms with Gasteiger partial charge in [-0.15, -0.1) is 20.4 Å². The van der Waals surface area contributed by atoms with E-state index in [1.54, 1.807) is 25.3 Å². The van der Waals surface area contributed by atoms with E-state index in [0.717, 1.165) is 5.56 Å². The lowest BCUT2D eigenvalue weighted by Crippen LogP contribution is -2.16. The van der Waals surface area contributed by atoms with Crippen molar-refractivity contribution in [3.05, 3.63) is 72.1 Å². The summed E-state index contributed by atoms with van der Waals surface area (Å²) in [7, 11) is 1.63. The minimum Gasteiger partial charge on any atom is -0.483 e. The maximum atomic E-state index is 13.9. The molecule has 0 unspecified atom stereocenters. The summed E-state index contributed by atoms with van der Waals surface area (Å²) in [5.74, 6) is 1.67. The van der Waals surface area contributed by atoms with Crippen LogP contribution < -0.4 is 4.74 Å². The Labute approximate surface area is 188 Å². The van der Waals surface area contributed by atoms with E-state index in [2.05, 4.69) is 20.4 Å². The van der Waals surface area contributed by atoms with Crippen molar-refractivity contribution in [2.75, 3.05) is 13.7 Å². The van der Waals surface area contributed by atoms with Gasteiger partial charge in [-0.3, -0.25) is 4.57 Å². The number of thioether (sulfide) groups is 1. The molecule has 0 aliphatic carbocycles. The van der Waals surface area contributed by atoms with E-state index in [0.29, 0.717) is 35.1 Å². The lowest BCUT2D eigenvalue weighted by molar-refractivity contribution is 0.154. The first-order valence-corrected chi connectivity index (χ1v) is 10.9. The van der Waals surface area contributed by atoms with Crippen LogP contribution in [0.25, 0.3) is 11.5 Å². The quantitative estimate of drug-likeness (QED) is 0.322. The Morgan fingerprint density at radius 1 is 1.03 bits per heavy atom. The van der Waals surface area contributed by atoms with Crippen molar-refractivity contribution in [3.63, 3.8) is 0 Å². The molecule has 0 aliphatic heterocycles. The van der Waals surface area contributed by atoms with Gasteiger partial charge in [0.05, 0.1) is 18.4 Å². The van der Waals surface area contributed by atoms with Crippen molar-refractivity contribution in [1.29, 1.82) is 0 Å². The number of hydrogen-bond acceptors (Lipinski definition) is 8. The first-order valence-electron chi connectivity index (χ1n) is 9.96. The lowest BCUT2D eigenvalue weighted by atomic mass is 10.2. The molecule has 2 heterocycles. The number of benzene rings is 2. The smallest absolute Gasteiger partial charge is 0.247 e. The largest absolute Gasteiger partial charge is 0.483 e. The third-order valence-electron chi connectivity index (χ3n) is 4.59. The topological polar surface area (TPSA) is 88.1 Å². The van der Waals surface area contributed by atoms with E-state index < -0.39 is 5.82 Å². The normalized spacial score (nSPS) is 12.1. The summed E-state index contributed by atoms with van der Waals surface area (Å²) >= 11 is 1.42. The number of halogens is 1. The molecule has 0 bridgehead atoms. The molecule has 0 aliphatic rings. The van der Waals surface area contributed by atoms with Crippen LogP contribution >= 0.6 is 11.8 Å². The highest BCUT2D eigenvalue weighted by Crippen LogP contribution is 2.27. The van der Waals surface area contributed by atoms with Gasteiger partial charge in [0.25, 0.3) is 0 Å². The molecule has 32 heavy (non-hydrogen) atoms. The van der Waals surface area contributed by atoms with Gasteiger partial charge in [-0.25, -0.2) is 4.39 Å². The monoisotopic (exact) mass is 455 g/mol. The van der Waals surface area contributed by atoms with Gasteiger partial charge in [0.1, 0.15) is 6.61 Å². The number of aromatic nitrogens is 5. The number of ether oxygens (including phenoxy) is 2. The van der Waals surface area contributed by atoms with Crippen LogP contribution in [0, 0.1) is 5.82 Å². The van der Waals surface area contributed by atoms with Crippen molar-refractivity contribution in [1.82, 2.24) is 25.0 Å². The summed E-state index contributed by atoms with van der Waals surface area (Å²) in [6.45, 7) is 2.52. The van der Waals surface area contributed by atoms with Crippen LogP contribution in [0.1, 0.15) is 24.7 Å². The van der Waals surface area contributed by atoms with Crippen molar-refractivity contribution >= 4 is 11.8 Å². The van der Waals surface area contributed by atoms with E-state index >= 15 is 0 Å². The molecule has 0 fully saturated rings. The second-order valence-electron chi connectivity index (χ2n) is 6.95. The molecular weight excluding hydrogens is 433 g/mol. The Bertz CT molecular complexity index is 1150. The van der Waals surface area contributed by atoms with Crippen LogP contribution in [0.5, 0.6) is 5.75 Å². The Morgan fingerprint density at radius 2 is 1.81 bits per heavy atom. The Morgan fingerprint density at radius 3 is 2.59 bits per heavy atom. The highest BCUT2D eigenvalue weighted by molar-refractivity contribution is 7.98. The van der Waals surface area contributed by atoms with Gasteiger partial charge in [-0.2, -0.15) is 0 Å². The summed E-state index contributed by atoms with van der Waals surface area (Å²) in [5.41, 5.74) is 0.862. The molecule has 2 aromatic heterocycles. The fraction of sp³-hybridized carbons (Fsp3) is 0.273. The molecule has 2 aromatic carbocycles. The predicted molar refractivity (Wildman–Crippen MR) is 117 cm³/mol. The van der Waals surface area contributed by atoms with Gasteiger partial charge in [0, 0.05) is 12.7 Å². The SMILES string of the molecule is COC[C@@H](C)n1c(COc2ccccc2F)nnc1SCc1nnc(-c2ccccc2)o1. The van der Waals surface area contributed by atoms with Crippen LogP contribution in [0.2, 0.25) is 0 Å². The average Bonchev–Trinajstić information content (AvgIpc) is 3.45. The summed E-state index contributed by atoms with van der Waals surface area (Å²) in [4.78, 5) is 0. The van der Waals surface area contributed by atoms with Crippen molar-refractivity contribution in [2.24, 2.45) is 0 Å². The summed E-state index contributed by atoms with van der Waals surface area (Å²) < 4.78 is 32.5. The second kappa shape index (κ2) is 10.4. The highest BCUT2D eigenvalue weighted by Gasteiger charge is 2.20.